The lowest BCUT2D eigenvalue weighted by Gasteiger charge is -2.16. The van der Waals surface area contributed by atoms with Crippen molar-refractivity contribution >= 4 is 35.0 Å². The molecule has 4 N–H and O–H groups in total. The first-order valence-corrected chi connectivity index (χ1v) is 7.66. The van der Waals surface area contributed by atoms with Crippen LogP contribution in [0.3, 0.4) is 0 Å². The van der Waals surface area contributed by atoms with Gasteiger partial charge in [-0.05, 0) is 30.7 Å². The van der Waals surface area contributed by atoms with Crippen molar-refractivity contribution in [2.45, 2.75) is 19.6 Å². The van der Waals surface area contributed by atoms with Crippen LogP contribution < -0.4 is 16.4 Å². The molecule has 126 valence electrons. The lowest BCUT2D eigenvalue weighted by atomic mass is 10.2. The summed E-state index contributed by atoms with van der Waals surface area (Å²) in [5.74, 6) is -0.526. The van der Waals surface area contributed by atoms with E-state index < -0.39 is 18.0 Å². The van der Waals surface area contributed by atoms with Gasteiger partial charge in [0.2, 0.25) is 0 Å². The smallest absolute Gasteiger partial charge is 0.414 e. The standard InChI is InChI=1S/C17H18ClN3O3/c1-11(20-15-8-7-13(18)9-14(15)19)16(22)21-17(23)24-10-12-5-3-2-4-6-12/h2-9,11,20H,10,19H2,1H3,(H,21,22,23)/t11-/m0/s1. The molecule has 2 aromatic rings. The molecule has 0 fully saturated rings. The molecule has 1 atom stereocenters. The highest BCUT2D eigenvalue weighted by molar-refractivity contribution is 6.31. The number of ether oxygens (including phenoxy) is 1. The summed E-state index contributed by atoms with van der Waals surface area (Å²) in [6.07, 6.45) is -0.804. The largest absolute Gasteiger partial charge is 0.444 e. The van der Waals surface area contributed by atoms with Crippen molar-refractivity contribution in [3.05, 3.63) is 59.1 Å². The fourth-order valence-corrected chi connectivity index (χ4v) is 2.11. The first-order chi connectivity index (χ1) is 11.5. The zero-order valence-corrected chi connectivity index (χ0v) is 13.8. The van der Waals surface area contributed by atoms with E-state index in [-0.39, 0.29) is 6.61 Å². The maximum Gasteiger partial charge on any atom is 0.414 e. The molecule has 0 bridgehead atoms. The van der Waals surface area contributed by atoms with E-state index in [4.69, 9.17) is 22.1 Å². The van der Waals surface area contributed by atoms with Crippen LogP contribution in [-0.2, 0) is 16.1 Å². The highest BCUT2D eigenvalue weighted by Gasteiger charge is 2.17. The SMILES string of the molecule is C[C@H](Nc1ccc(Cl)cc1N)C(=O)NC(=O)OCc1ccccc1. The second kappa shape index (κ2) is 8.21. The number of benzene rings is 2. The topological polar surface area (TPSA) is 93.5 Å². The van der Waals surface area contributed by atoms with Crippen LogP contribution in [0.2, 0.25) is 5.02 Å². The minimum atomic E-state index is -0.804. The molecule has 0 spiro atoms. The number of nitrogens with one attached hydrogen (secondary N) is 2. The molecule has 0 saturated heterocycles. The maximum atomic E-state index is 12.0. The van der Waals surface area contributed by atoms with Crippen molar-refractivity contribution in [2.24, 2.45) is 0 Å². The Morgan fingerprint density at radius 2 is 1.92 bits per heavy atom. The average molecular weight is 348 g/mol. The highest BCUT2D eigenvalue weighted by atomic mass is 35.5. The predicted octanol–water partition coefficient (Wildman–Crippen LogP) is 3.18. The number of rotatable bonds is 5. The summed E-state index contributed by atoms with van der Waals surface area (Å²) < 4.78 is 5.00. The molecule has 7 heteroatoms. The third-order valence-corrected chi connectivity index (χ3v) is 3.45. The molecule has 0 heterocycles. The first-order valence-electron chi connectivity index (χ1n) is 7.29. The second-order valence-electron chi connectivity index (χ2n) is 5.15. The fraction of sp³-hybridized carbons (Fsp3) is 0.176. The third-order valence-electron chi connectivity index (χ3n) is 3.22. The third kappa shape index (κ3) is 5.17. The number of halogens is 1. The van der Waals surface area contributed by atoms with Crippen LogP contribution in [0, 0.1) is 0 Å². The van der Waals surface area contributed by atoms with E-state index in [1.54, 1.807) is 25.1 Å². The van der Waals surface area contributed by atoms with Crippen LogP contribution in [0.15, 0.2) is 48.5 Å². The van der Waals surface area contributed by atoms with Crippen LogP contribution in [0.25, 0.3) is 0 Å². The monoisotopic (exact) mass is 347 g/mol. The molecule has 0 saturated carbocycles. The molecule has 24 heavy (non-hydrogen) atoms. The molecule has 0 aliphatic rings. The van der Waals surface area contributed by atoms with Crippen molar-refractivity contribution in [1.29, 1.82) is 0 Å². The molecule has 6 nitrogen and oxygen atoms in total. The molecule has 2 aromatic carbocycles. The number of imide groups is 1. The number of carbonyl (C=O) groups is 2. The Bertz CT molecular complexity index is 722. The quantitative estimate of drug-likeness (QED) is 0.722. The number of anilines is 2. The molecular weight excluding hydrogens is 330 g/mol. The maximum absolute atomic E-state index is 12.0. The number of nitrogens with two attached hydrogens (primary N) is 1. The van der Waals surface area contributed by atoms with E-state index >= 15 is 0 Å². The molecule has 0 aliphatic heterocycles. The molecular formula is C17H18ClN3O3. The Balaban J connectivity index is 1.83. The predicted molar refractivity (Wildman–Crippen MR) is 93.7 cm³/mol. The van der Waals surface area contributed by atoms with E-state index in [2.05, 4.69) is 10.6 Å². The minimum Gasteiger partial charge on any atom is -0.444 e. The highest BCUT2D eigenvalue weighted by Crippen LogP contribution is 2.23. The summed E-state index contributed by atoms with van der Waals surface area (Å²) in [6, 6.07) is 13.4. The lowest BCUT2D eigenvalue weighted by molar-refractivity contribution is -0.120. The number of amides is 2. The number of carbonyl (C=O) groups excluding carboxylic acids is 2. The second-order valence-corrected chi connectivity index (χ2v) is 5.59. The van der Waals surface area contributed by atoms with Gasteiger partial charge in [-0.25, -0.2) is 4.79 Å². The zero-order valence-electron chi connectivity index (χ0n) is 13.1. The van der Waals surface area contributed by atoms with Gasteiger partial charge < -0.3 is 15.8 Å². The van der Waals surface area contributed by atoms with Gasteiger partial charge in [-0.15, -0.1) is 0 Å². The van der Waals surface area contributed by atoms with Gasteiger partial charge in [0.25, 0.3) is 5.91 Å². The van der Waals surface area contributed by atoms with Gasteiger partial charge in [0, 0.05) is 5.02 Å². The number of nitrogen functional groups attached to an aromatic ring is 1. The summed E-state index contributed by atoms with van der Waals surface area (Å²) in [5.41, 5.74) is 7.61. The van der Waals surface area contributed by atoms with Gasteiger partial charge in [-0.2, -0.15) is 0 Å². The summed E-state index contributed by atoms with van der Waals surface area (Å²) in [7, 11) is 0. The molecule has 0 aromatic heterocycles. The Labute approximate surface area is 144 Å². The van der Waals surface area contributed by atoms with Crippen LogP contribution in [0.4, 0.5) is 16.2 Å². The van der Waals surface area contributed by atoms with Gasteiger partial charge in [0.15, 0.2) is 0 Å². The van der Waals surface area contributed by atoms with Crippen molar-refractivity contribution in [2.75, 3.05) is 11.1 Å². The summed E-state index contributed by atoms with van der Waals surface area (Å²) in [6.45, 7) is 1.69. The number of hydrogen-bond donors (Lipinski definition) is 3. The summed E-state index contributed by atoms with van der Waals surface area (Å²) in [5, 5.41) is 5.58. The zero-order chi connectivity index (χ0) is 17.5. The first kappa shape index (κ1) is 17.6. The molecule has 2 amide bonds. The summed E-state index contributed by atoms with van der Waals surface area (Å²) in [4.78, 5) is 23.7. The van der Waals surface area contributed by atoms with Crippen molar-refractivity contribution < 1.29 is 14.3 Å². The number of alkyl carbamates (subject to hydrolysis) is 1. The van der Waals surface area contributed by atoms with Crippen molar-refractivity contribution in [1.82, 2.24) is 5.32 Å². The van der Waals surface area contributed by atoms with Crippen molar-refractivity contribution in [3.8, 4) is 0 Å². The van der Waals surface area contributed by atoms with E-state index in [1.807, 2.05) is 30.3 Å². The van der Waals surface area contributed by atoms with Crippen molar-refractivity contribution in [3.63, 3.8) is 0 Å². The van der Waals surface area contributed by atoms with Crippen LogP contribution >= 0.6 is 11.6 Å². The van der Waals surface area contributed by atoms with Crippen LogP contribution in [0.5, 0.6) is 0 Å². The Morgan fingerprint density at radius 1 is 1.21 bits per heavy atom. The Morgan fingerprint density at radius 3 is 2.58 bits per heavy atom. The average Bonchev–Trinajstić information content (AvgIpc) is 2.56. The summed E-state index contributed by atoms with van der Waals surface area (Å²) >= 11 is 5.82. The van der Waals surface area contributed by atoms with Gasteiger partial charge in [-0.1, -0.05) is 41.9 Å². The van der Waals surface area contributed by atoms with E-state index in [0.29, 0.717) is 16.4 Å². The van der Waals surface area contributed by atoms with Gasteiger partial charge in [0.1, 0.15) is 12.6 Å². The van der Waals surface area contributed by atoms with Gasteiger partial charge >= 0.3 is 6.09 Å². The minimum absolute atomic E-state index is 0.0892. The number of hydrogen-bond acceptors (Lipinski definition) is 5. The molecule has 0 aliphatic carbocycles. The van der Waals surface area contributed by atoms with E-state index in [9.17, 15) is 9.59 Å². The van der Waals surface area contributed by atoms with Crippen LogP contribution in [0.1, 0.15) is 12.5 Å². The van der Waals surface area contributed by atoms with Crippen LogP contribution in [-0.4, -0.2) is 18.0 Å². The Kier molecular flexibility index (Phi) is 6.03. The van der Waals surface area contributed by atoms with E-state index in [1.165, 1.54) is 0 Å². The molecule has 2 rings (SSSR count). The van der Waals surface area contributed by atoms with Gasteiger partial charge in [0.05, 0.1) is 11.4 Å². The fourth-order valence-electron chi connectivity index (χ4n) is 1.93. The van der Waals surface area contributed by atoms with E-state index in [0.717, 1.165) is 5.56 Å². The Hall–Kier alpha value is -2.73. The lowest BCUT2D eigenvalue weighted by Crippen LogP contribution is -2.41. The van der Waals surface area contributed by atoms with Gasteiger partial charge in [-0.3, -0.25) is 10.1 Å². The molecule has 0 radical (unpaired) electrons. The molecule has 0 unspecified atom stereocenters. The normalized spacial score (nSPS) is 11.4.